The molecular weight excluding hydrogens is 396 g/mol. The summed E-state index contributed by atoms with van der Waals surface area (Å²) in [7, 11) is 0. The van der Waals surface area contributed by atoms with Crippen LogP contribution in [0.15, 0.2) is 30.7 Å². The number of aryl methyl sites for hydroxylation is 1. The maximum absolute atomic E-state index is 13.0. The molecule has 0 aromatic carbocycles. The Bertz CT molecular complexity index is 1030. The van der Waals surface area contributed by atoms with Gasteiger partial charge in [-0.3, -0.25) is 19.4 Å². The highest BCUT2D eigenvalue weighted by Gasteiger charge is 2.22. The van der Waals surface area contributed by atoms with Crippen molar-refractivity contribution >= 4 is 16.8 Å². The van der Waals surface area contributed by atoms with Crippen LogP contribution >= 0.6 is 0 Å². The molecule has 160 valence electrons. The minimum atomic E-state index is -2.92. The van der Waals surface area contributed by atoms with Crippen LogP contribution in [0.1, 0.15) is 23.9 Å². The summed E-state index contributed by atoms with van der Waals surface area (Å²) < 4.78 is 32.8. The number of halogens is 2. The molecule has 0 saturated carbocycles. The van der Waals surface area contributed by atoms with Crippen molar-refractivity contribution in [2.24, 2.45) is 0 Å². The van der Waals surface area contributed by atoms with Gasteiger partial charge in [-0.1, -0.05) is 0 Å². The van der Waals surface area contributed by atoms with Crippen molar-refractivity contribution in [3.8, 4) is 5.75 Å². The van der Waals surface area contributed by atoms with Crippen molar-refractivity contribution in [3.63, 3.8) is 0 Å². The molecule has 0 spiro atoms. The van der Waals surface area contributed by atoms with Crippen molar-refractivity contribution in [1.29, 1.82) is 0 Å². The van der Waals surface area contributed by atoms with Crippen molar-refractivity contribution in [2.75, 3.05) is 19.8 Å². The van der Waals surface area contributed by atoms with Gasteiger partial charge >= 0.3 is 0 Å². The summed E-state index contributed by atoms with van der Waals surface area (Å²) in [5.41, 5.74) is 2.66. The summed E-state index contributed by atoms with van der Waals surface area (Å²) >= 11 is 0. The van der Waals surface area contributed by atoms with Crippen LogP contribution in [-0.2, 0) is 17.8 Å². The molecule has 3 heterocycles. The smallest absolute Gasteiger partial charge is 0.278 e. The van der Waals surface area contributed by atoms with Gasteiger partial charge in [-0.15, -0.1) is 0 Å². The molecule has 0 atom stereocenters. The number of carbonyl (C=O) groups is 1. The Hall–Kier alpha value is -3.14. The van der Waals surface area contributed by atoms with Crippen LogP contribution in [0, 0.1) is 6.92 Å². The molecule has 10 heteroatoms. The SMILES string of the molecule is Cc1cc(Cn2cc3c(CC(=O)NCCO)nccc3n2)ncc1OCC(C)(F)F. The predicted molar refractivity (Wildman–Crippen MR) is 106 cm³/mol. The van der Waals surface area contributed by atoms with Crippen molar-refractivity contribution in [1.82, 2.24) is 25.1 Å². The number of alkyl halides is 2. The molecule has 2 N–H and O–H groups in total. The van der Waals surface area contributed by atoms with E-state index in [0.717, 1.165) is 12.3 Å². The minimum Gasteiger partial charge on any atom is -0.485 e. The number of nitrogens with one attached hydrogen (secondary N) is 1. The topological polar surface area (TPSA) is 102 Å². The number of aliphatic hydroxyl groups excluding tert-OH is 1. The number of hydrogen-bond acceptors (Lipinski definition) is 6. The average molecular weight is 419 g/mol. The van der Waals surface area contributed by atoms with E-state index in [2.05, 4.69) is 20.4 Å². The molecule has 3 rings (SSSR count). The summed E-state index contributed by atoms with van der Waals surface area (Å²) in [5, 5.41) is 16.6. The van der Waals surface area contributed by atoms with E-state index in [1.54, 1.807) is 36.1 Å². The van der Waals surface area contributed by atoms with E-state index >= 15 is 0 Å². The summed E-state index contributed by atoms with van der Waals surface area (Å²) in [6.07, 6.45) is 4.88. The number of fused-ring (bicyclic) bond motifs is 1. The zero-order valence-electron chi connectivity index (χ0n) is 16.7. The molecule has 0 aliphatic heterocycles. The third kappa shape index (κ3) is 5.69. The first kappa shape index (κ1) is 21.6. The fourth-order valence-corrected chi connectivity index (χ4v) is 2.89. The Kier molecular flexibility index (Phi) is 6.56. The highest BCUT2D eigenvalue weighted by Crippen LogP contribution is 2.21. The number of nitrogens with zero attached hydrogens (tertiary/aromatic N) is 4. The van der Waals surface area contributed by atoms with E-state index in [-0.39, 0.29) is 25.5 Å². The third-order valence-corrected chi connectivity index (χ3v) is 4.25. The van der Waals surface area contributed by atoms with Crippen LogP contribution in [0.4, 0.5) is 8.78 Å². The number of aromatic nitrogens is 4. The number of rotatable bonds is 9. The molecule has 0 unspecified atom stereocenters. The van der Waals surface area contributed by atoms with Gasteiger partial charge in [0.15, 0.2) is 6.61 Å². The lowest BCUT2D eigenvalue weighted by molar-refractivity contribution is -0.120. The number of aliphatic hydroxyl groups is 1. The standard InChI is InChI=1S/C20H23F2N5O3/c1-13-7-14(25-9-18(13)30-12-20(2,21)22)10-27-11-15-16(26-27)3-4-23-17(15)8-19(29)24-5-6-28/h3-4,7,9,11,28H,5-6,8,10,12H2,1-2H3,(H,24,29). The van der Waals surface area contributed by atoms with Gasteiger partial charge < -0.3 is 15.2 Å². The molecule has 0 aliphatic carbocycles. The van der Waals surface area contributed by atoms with Gasteiger partial charge in [0.05, 0.1) is 42.7 Å². The Balaban J connectivity index is 1.74. The van der Waals surface area contributed by atoms with E-state index in [0.29, 0.717) is 34.8 Å². The van der Waals surface area contributed by atoms with Crippen molar-refractivity contribution < 1.29 is 23.4 Å². The maximum Gasteiger partial charge on any atom is 0.278 e. The number of ether oxygens (including phenoxy) is 1. The fourth-order valence-electron chi connectivity index (χ4n) is 2.89. The Morgan fingerprint density at radius 1 is 1.37 bits per heavy atom. The average Bonchev–Trinajstić information content (AvgIpc) is 3.08. The zero-order valence-corrected chi connectivity index (χ0v) is 16.7. The van der Waals surface area contributed by atoms with E-state index in [4.69, 9.17) is 9.84 Å². The monoisotopic (exact) mass is 419 g/mol. The van der Waals surface area contributed by atoms with Gasteiger partial charge in [0, 0.05) is 31.2 Å². The highest BCUT2D eigenvalue weighted by molar-refractivity contribution is 5.86. The van der Waals surface area contributed by atoms with Crippen molar-refractivity contribution in [2.45, 2.75) is 32.7 Å². The van der Waals surface area contributed by atoms with Crippen LogP contribution in [0.3, 0.4) is 0 Å². The molecule has 8 nitrogen and oxygen atoms in total. The molecule has 0 bridgehead atoms. The predicted octanol–water partition coefficient (Wildman–Crippen LogP) is 1.87. The summed E-state index contributed by atoms with van der Waals surface area (Å²) in [4.78, 5) is 20.5. The van der Waals surface area contributed by atoms with Gasteiger partial charge in [0.1, 0.15) is 5.75 Å². The summed E-state index contributed by atoms with van der Waals surface area (Å²) in [6, 6.07) is 3.51. The molecule has 0 saturated heterocycles. The van der Waals surface area contributed by atoms with Crippen LogP contribution in [0.2, 0.25) is 0 Å². The minimum absolute atomic E-state index is 0.0779. The third-order valence-electron chi connectivity index (χ3n) is 4.25. The lowest BCUT2D eigenvalue weighted by Crippen LogP contribution is -2.28. The lowest BCUT2D eigenvalue weighted by Gasteiger charge is -2.14. The Labute approximate surface area is 171 Å². The number of pyridine rings is 2. The van der Waals surface area contributed by atoms with Gasteiger partial charge in [-0.05, 0) is 24.6 Å². The first-order chi connectivity index (χ1) is 14.2. The first-order valence-corrected chi connectivity index (χ1v) is 9.40. The summed E-state index contributed by atoms with van der Waals surface area (Å²) in [6.45, 7) is 2.27. The van der Waals surface area contributed by atoms with Crippen LogP contribution in [-0.4, -0.2) is 56.4 Å². The summed E-state index contributed by atoms with van der Waals surface area (Å²) in [5.74, 6) is -2.84. The molecule has 0 aliphatic rings. The van der Waals surface area contributed by atoms with Gasteiger partial charge in [-0.2, -0.15) is 5.10 Å². The number of carbonyl (C=O) groups excluding carboxylic acids is 1. The van der Waals surface area contributed by atoms with Crippen LogP contribution in [0.5, 0.6) is 5.75 Å². The second kappa shape index (κ2) is 9.12. The second-order valence-corrected chi connectivity index (χ2v) is 7.07. The van der Waals surface area contributed by atoms with Crippen molar-refractivity contribution in [3.05, 3.63) is 47.7 Å². The number of amides is 1. The molecule has 30 heavy (non-hydrogen) atoms. The highest BCUT2D eigenvalue weighted by atomic mass is 19.3. The number of hydrogen-bond donors (Lipinski definition) is 2. The van der Waals surface area contributed by atoms with E-state index in [1.165, 1.54) is 6.20 Å². The van der Waals surface area contributed by atoms with Gasteiger partial charge in [0.2, 0.25) is 5.91 Å². The molecular formula is C20H23F2N5O3. The molecule has 3 aromatic heterocycles. The van der Waals surface area contributed by atoms with E-state index in [1.807, 2.05) is 0 Å². The van der Waals surface area contributed by atoms with E-state index < -0.39 is 12.5 Å². The Morgan fingerprint density at radius 3 is 2.87 bits per heavy atom. The first-order valence-electron chi connectivity index (χ1n) is 9.40. The fraction of sp³-hybridized carbons (Fsp3) is 0.400. The Morgan fingerprint density at radius 2 is 2.17 bits per heavy atom. The lowest BCUT2D eigenvalue weighted by atomic mass is 10.2. The van der Waals surface area contributed by atoms with Crippen LogP contribution in [0.25, 0.3) is 10.9 Å². The quantitative estimate of drug-likeness (QED) is 0.549. The molecule has 1 amide bonds. The molecule has 0 radical (unpaired) electrons. The second-order valence-electron chi connectivity index (χ2n) is 7.07. The molecule has 3 aromatic rings. The molecule has 0 fully saturated rings. The maximum atomic E-state index is 13.0. The normalized spacial score (nSPS) is 11.6. The largest absolute Gasteiger partial charge is 0.485 e. The van der Waals surface area contributed by atoms with Crippen LogP contribution < -0.4 is 10.1 Å². The van der Waals surface area contributed by atoms with Gasteiger partial charge in [0.25, 0.3) is 5.92 Å². The van der Waals surface area contributed by atoms with E-state index in [9.17, 15) is 13.6 Å². The zero-order chi connectivity index (χ0) is 21.7. The van der Waals surface area contributed by atoms with Gasteiger partial charge in [-0.25, -0.2) is 8.78 Å².